The van der Waals surface area contributed by atoms with Crippen molar-refractivity contribution in [1.29, 1.82) is 0 Å². The number of carbonyl (C=O) groups excluding carboxylic acids is 1. The number of nitrogens with one attached hydrogen (secondary N) is 1. The van der Waals surface area contributed by atoms with E-state index in [1.54, 1.807) is 12.5 Å². The minimum Gasteiger partial charge on any atom is -0.348 e. The SMILES string of the molecule is C[C@H](Cn1ccnc1)NC(=O)c1ccccc1Cc1ccccc1. The Balaban J connectivity index is 1.70. The minimum atomic E-state index is -0.0332. The van der Waals surface area contributed by atoms with Crippen molar-refractivity contribution in [3.63, 3.8) is 0 Å². The average Bonchev–Trinajstić information content (AvgIpc) is 3.09. The number of amides is 1. The molecule has 4 nitrogen and oxygen atoms in total. The minimum absolute atomic E-state index is 0.0245. The molecule has 0 radical (unpaired) electrons. The van der Waals surface area contributed by atoms with Crippen LogP contribution in [0.2, 0.25) is 0 Å². The van der Waals surface area contributed by atoms with Crippen LogP contribution in [-0.4, -0.2) is 21.5 Å². The molecule has 0 saturated carbocycles. The van der Waals surface area contributed by atoms with Crippen molar-refractivity contribution in [1.82, 2.24) is 14.9 Å². The van der Waals surface area contributed by atoms with E-state index in [2.05, 4.69) is 22.4 Å². The summed E-state index contributed by atoms with van der Waals surface area (Å²) < 4.78 is 1.96. The number of benzene rings is 2. The summed E-state index contributed by atoms with van der Waals surface area (Å²) in [4.78, 5) is 16.7. The fourth-order valence-corrected chi connectivity index (χ4v) is 2.77. The van der Waals surface area contributed by atoms with Crippen molar-refractivity contribution in [3.05, 3.63) is 90.0 Å². The summed E-state index contributed by atoms with van der Waals surface area (Å²) in [7, 11) is 0. The van der Waals surface area contributed by atoms with Gasteiger partial charge in [0.2, 0.25) is 0 Å². The first kappa shape index (κ1) is 16.0. The van der Waals surface area contributed by atoms with Crippen LogP contribution in [0.3, 0.4) is 0 Å². The fourth-order valence-electron chi connectivity index (χ4n) is 2.77. The zero-order chi connectivity index (χ0) is 16.8. The molecule has 1 aromatic heterocycles. The van der Waals surface area contributed by atoms with Gasteiger partial charge < -0.3 is 9.88 Å². The summed E-state index contributed by atoms with van der Waals surface area (Å²) in [5, 5.41) is 3.07. The molecule has 0 aliphatic heterocycles. The molecule has 1 N–H and O–H groups in total. The lowest BCUT2D eigenvalue weighted by Crippen LogP contribution is -2.36. The number of nitrogens with zero attached hydrogens (tertiary/aromatic N) is 2. The Morgan fingerprint density at radius 1 is 1.12 bits per heavy atom. The van der Waals surface area contributed by atoms with Crippen LogP contribution in [0.25, 0.3) is 0 Å². The Morgan fingerprint density at radius 2 is 1.88 bits per heavy atom. The van der Waals surface area contributed by atoms with Crippen LogP contribution >= 0.6 is 0 Å². The quantitative estimate of drug-likeness (QED) is 0.758. The maximum Gasteiger partial charge on any atom is 0.251 e. The van der Waals surface area contributed by atoms with Crippen molar-refractivity contribution >= 4 is 5.91 Å². The molecule has 24 heavy (non-hydrogen) atoms. The fraction of sp³-hybridized carbons (Fsp3) is 0.200. The zero-order valence-electron chi connectivity index (χ0n) is 13.7. The van der Waals surface area contributed by atoms with Crippen LogP contribution < -0.4 is 5.32 Å². The number of rotatable bonds is 6. The molecule has 1 amide bonds. The van der Waals surface area contributed by atoms with Crippen LogP contribution in [0, 0.1) is 0 Å². The third kappa shape index (κ3) is 4.10. The molecular weight excluding hydrogens is 298 g/mol. The van der Waals surface area contributed by atoms with Crippen molar-refractivity contribution < 1.29 is 4.79 Å². The van der Waals surface area contributed by atoms with Gasteiger partial charge in [-0.15, -0.1) is 0 Å². The molecule has 0 fully saturated rings. The molecule has 4 heteroatoms. The van der Waals surface area contributed by atoms with Gasteiger partial charge in [0, 0.05) is 30.5 Å². The van der Waals surface area contributed by atoms with E-state index in [1.165, 1.54) is 5.56 Å². The van der Waals surface area contributed by atoms with Crippen molar-refractivity contribution in [2.24, 2.45) is 0 Å². The van der Waals surface area contributed by atoms with Gasteiger partial charge in [-0.25, -0.2) is 4.98 Å². The summed E-state index contributed by atoms with van der Waals surface area (Å²) in [6.07, 6.45) is 6.14. The Kier molecular flexibility index (Phi) is 5.06. The largest absolute Gasteiger partial charge is 0.348 e. The highest BCUT2D eigenvalue weighted by molar-refractivity contribution is 5.95. The monoisotopic (exact) mass is 319 g/mol. The Hall–Kier alpha value is -2.88. The molecule has 122 valence electrons. The lowest BCUT2D eigenvalue weighted by Gasteiger charge is -2.16. The van der Waals surface area contributed by atoms with Gasteiger partial charge in [0.25, 0.3) is 5.91 Å². The second-order valence-corrected chi connectivity index (χ2v) is 5.95. The van der Waals surface area contributed by atoms with Gasteiger partial charge in [0.15, 0.2) is 0 Å². The van der Waals surface area contributed by atoms with Gasteiger partial charge in [0.1, 0.15) is 0 Å². The molecule has 0 aliphatic rings. The second-order valence-electron chi connectivity index (χ2n) is 5.95. The normalized spacial score (nSPS) is 11.9. The maximum atomic E-state index is 12.7. The first-order valence-corrected chi connectivity index (χ1v) is 8.11. The molecule has 0 unspecified atom stereocenters. The Labute approximate surface area is 142 Å². The van der Waals surface area contributed by atoms with E-state index in [4.69, 9.17) is 0 Å². The van der Waals surface area contributed by atoms with E-state index >= 15 is 0 Å². The van der Waals surface area contributed by atoms with Crippen LogP contribution in [0.5, 0.6) is 0 Å². The second kappa shape index (κ2) is 7.59. The molecule has 1 heterocycles. The summed E-state index contributed by atoms with van der Waals surface area (Å²) in [6, 6.07) is 18.0. The Morgan fingerprint density at radius 3 is 2.62 bits per heavy atom. The number of imidazole rings is 1. The van der Waals surface area contributed by atoms with E-state index < -0.39 is 0 Å². The molecule has 0 aliphatic carbocycles. The summed E-state index contributed by atoms with van der Waals surface area (Å²) >= 11 is 0. The molecule has 1 atom stereocenters. The van der Waals surface area contributed by atoms with Crippen molar-refractivity contribution in [2.75, 3.05) is 0 Å². The van der Waals surface area contributed by atoms with Gasteiger partial charge in [-0.1, -0.05) is 48.5 Å². The molecule has 3 aromatic rings. The smallest absolute Gasteiger partial charge is 0.251 e. The Bertz CT molecular complexity index is 782. The highest BCUT2D eigenvalue weighted by Crippen LogP contribution is 2.14. The third-order valence-corrected chi connectivity index (χ3v) is 3.92. The number of carbonyl (C=O) groups is 1. The predicted molar refractivity (Wildman–Crippen MR) is 94.8 cm³/mol. The molecular formula is C20H21N3O. The standard InChI is InChI=1S/C20H21N3O/c1-16(14-23-12-11-21-15-23)22-20(24)19-10-6-5-9-18(19)13-17-7-3-2-4-8-17/h2-12,15-16H,13-14H2,1H3,(H,22,24)/t16-/m1/s1. The van der Waals surface area contributed by atoms with Crippen molar-refractivity contribution in [3.8, 4) is 0 Å². The van der Waals surface area contributed by atoms with Gasteiger partial charge in [-0.2, -0.15) is 0 Å². The van der Waals surface area contributed by atoms with Gasteiger partial charge in [-0.05, 0) is 30.5 Å². The van der Waals surface area contributed by atoms with Crippen LogP contribution in [0.15, 0.2) is 73.3 Å². The first-order valence-electron chi connectivity index (χ1n) is 8.11. The summed E-state index contributed by atoms with van der Waals surface area (Å²) in [6.45, 7) is 2.70. The average molecular weight is 319 g/mol. The predicted octanol–water partition coefficient (Wildman–Crippen LogP) is 3.29. The van der Waals surface area contributed by atoms with Gasteiger partial charge >= 0.3 is 0 Å². The highest BCUT2D eigenvalue weighted by atomic mass is 16.1. The number of aromatic nitrogens is 2. The lowest BCUT2D eigenvalue weighted by molar-refractivity contribution is 0.0936. The molecule has 0 spiro atoms. The van der Waals surface area contributed by atoms with E-state index in [0.29, 0.717) is 6.54 Å². The molecule has 0 saturated heterocycles. The van der Waals surface area contributed by atoms with Crippen LogP contribution in [0.1, 0.15) is 28.4 Å². The molecule has 0 bridgehead atoms. The van der Waals surface area contributed by atoms with Crippen LogP contribution in [-0.2, 0) is 13.0 Å². The summed E-state index contributed by atoms with van der Waals surface area (Å²) in [5.41, 5.74) is 2.97. The molecule has 3 rings (SSSR count). The van der Waals surface area contributed by atoms with E-state index in [0.717, 1.165) is 17.5 Å². The zero-order valence-corrected chi connectivity index (χ0v) is 13.7. The van der Waals surface area contributed by atoms with Crippen LogP contribution in [0.4, 0.5) is 0 Å². The lowest BCUT2D eigenvalue weighted by atomic mass is 9.99. The van der Waals surface area contributed by atoms with E-state index in [9.17, 15) is 4.79 Å². The van der Waals surface area contributed by atoms with Crippen molar-refractivity contribution in [2.45, 2.75) is 25.9 Å². The third-order valence-electron chi connectivity index (χ3n) is 3.92. The van der Waals surface area contributed by atoms with Gasteiger partial charge in [-0.3, -0.25) is 4.79 Å². The van der Waals surface area contributed by atoms with E-state index in [1.807, 2.05) is 60.2 Å². The number of hydrogen-bond acceptors (Lipinski definition) is 2. The van der Waals surface area contributed by atoms with Gasteiger partial charge in [0.05, 0.1) is 6.33 Å². The maximum absolute atomic E-state index is 12.7. The number of hydrogen-bond donors (Lipinski definition) is 1. The molecule has 2 aromatic carbocycles. The topological polar surface area (TPSA) is 46.9 Å². The highest BCUT2D eigenvalue weighted by Gasteiger charge is 2.14. The van der Waals surface area contributed by atoms with E-state index in [-0.39, 0.29) is 11.9 Å². The first-order chi connectivity index (χ1) is 11.7. The summed E-state index contributed by atoms with van der Waals surface area (Å²) in [5.74, 6) is -0.0332.